The zero-order chi connectivity index (χ0) is 18.7. The van der Waals surface area contributed by atoms with E-state index in [1.165, 1.54) is 7.11 Å². The first-order valence-electron chi connectivity index (χ1n) is 9.01. The van der Waals surface area contributed by atoms with Gasteiger partial charge in [-0.3, -0.25) is 9.71 Å². The smallest absolute Gasteiger partial charge is 0.232 e. The molecule has 0 aliphatic carbocycles. The van der Waals surface area contributed by atoms with Gasteiger partial charge in [0.25, 0.3) is 0 Å². The summed E-state index contributed by atoms with van der Waals surface area (Å²) in [7, 11) is -1.95. The third-order valence-corrected chi connectivity index (χ3v) is 5.99. The van der Waals surface area contributed by atoms with Crippen molar-refractivity contribution < 1.29 is 17.9 Å². The Morgan fingerprint density at radius 2 is 2.23 bits per heavy atom. The van der Waals surface area contributed by atoms with Gasteiger partial charge in [-0.25, -0.2) is 8.42 Å². The van der Waals surface area contributed by atoms with Crippen LogP contribution in [0.5, 0.6) is 11.5 Å². The van der Waals surface area contributed by atoms with Gasteiger partial charge in [0.1, 0.15) is 11.4 Å². The van der Waals surface area contributed by atoms with E-state index in [2.05, 4.69) is 14.6 Å². The molecule has 1 aromatic carbocycles. The number of ether oxygens (including phenoxy) is 2. The summed E-state index contributed by atoms with van der Waals surface area (Å²) in [6, 6.07) is 3.89. The average Bonchev–Trinajstić information content (AvgIpc) is 3.14. The Kier molecular flexibility index (Phi) is 5.60. The lowest BCUT2D eigenvalue weighted by atomic mass is 9.98. The SMILES string of the molecule is COc1ccc2c(c1NS(=O)(=O)CCC(C)C)OCCC2N1C=NCC1. The van der Waals surface area contributed by atoms with Crippen LogP contribution in [0.4, 0.5) is 5.69 Å². The number of sulfonamides is 1. The molecule has 2 aliphatic rings. The van der Waals surface area contributed by atoms with E-state index in [0.29, 0.717) is 36.1 Å². The molecule has 0 saturated heterocycles. The minimum Gasteiger partial charge on any atom is -0.494 e. The fourth-order valence-electron chi connectivity index (χ4n) is 3.27. The summed E-state index contributed by atoms with van der Waals surface area (Å²) in [5.41, 5.74) is 1.36. The lowest BCUT2D eigenvalue weighted by molar-refractivity contribution is 0.210. The zero-order valence-electron chi connectivity index (χ0n) is 15.6. The first kappa shape index (κ1) is 18.8. The predicted molar refractivity (Wildman–Crippen MR) is 103 cm³/mol. The molecule has 0 bridgehead atoms. The molecule has 1 unspecified atom stereocenters. The molecule has 3 rings (SSSR count). The fourth-order valence-corrected chi connectivity index (χ4v) is 4.65. The molecule has 2 aliphatic heterocycles. The Labute approximate surface area is 155 Å². The third-order valence-electron chi connectivity index (χ3n) is 4.71. The fraction of sp³-hybridized carbons (Fsp3) is 0.611. The second kappa shape index (κ2) is 7.73. The van der Waals surface area contributed by atoms with Gasteiger partial charge in [-0.15, -0.1) is 0 Å². The lowest BCUT2D eigenvalue weighted by Crippen LogP contribution is -2.31. The van der Waals surface area contributed by atoms with Gasteiger partial charge in [-0.2, -0.15) is 0 Å². The van der Waals surface area contributed by atoms with Gasteiger partial charge in [-0.1, -0.05) is 13.8 Å². The summed E-state index contributed by atoms with van der Waals surface area (Å²) in [5, 5.41) is 0. The molecule has 0 saturated carbocycles. The van der Waals surface area contributed by atoms with Crippen molar-refractivity contribution >= 4 is 22.0 Å². The Morgan fingerprint density at radius 1 is 1.42 bits per heavy atom. The molecule has 7 nitrogen and oxygen atoms in total. The number of aliphatic imine (C=N–C) groups is 1. The van der Waals surface area contributed by atoms with Crippen LogP contribution >= 0.6 is 0 Å². The van der Waals surface area contributed by atoms with Gasteiger partial charge in [0.15, 0.2) is 5.75 Å². The minimum atomic E-state index is -3.48. The van der Waals surface area contributed by atoms with E-state index in [4.69, 9.17) is 9.47 Å². The standard InChI is InChI=1S/C18H27N3O4S/c1-13(2)7-11-26(22,23)20-17-16(24-3)5-4-14-15(6-10-25-18(14)17)21-9-8-19-12-21/h4-5,12-13,15,20H,6-11H2,1-3H3. The Hall–Kier alpha value is -1.96. The highest BCUT2D eigenvalue weighted by atomic mass is 32.2. The molecular formula is C18H27N3O4S. The van der Waals surface area contributed by atoms with E-state index in [1.807, 2.05) is 26.3 Å². The summed E-state index contributed by atoms with van der Waals surface area (Å²) in [5.74, 6) is 1.41. The van der Waals surface area contributed by atoms with Crippen LogP contribution in [0.2, 0.25) is 0 Å². The van der Waals surface area contributed by atoms with Gasteiger partial charge in [0.2, 0.25) is 10.0 Å². The maximum Gasteiger partial charge on any atom is 0.232 e. The molecular weight excluding hydrogens is 354 g/mol. The Balaban J connectivity index is 1.94. The molecule has 0 spiro atoms. The number of anilines is 1. The van der Waals surface area contributed by atoms with Crippen molar-refractivity contribution in [2.45, 2.75) is 32.7 Å². The van der Waals surface area contributed by atoms with Gasteiger partial charge in [0, 0.05) is 18.5 Å². The van der Waals surface area contributed by atoms with Crippen LogP contribution in [0.1, 0.15) is 38.3 Å². The molecule has 144 valence electrons. The van der Waals surface area contributed by atoms with Crippen molar-refractivity contribution in [2.24, 2.45) is 10.9 Å². The topological polar surface area (TPSA) is 80.2 Å². The van der Waals surface area contributed by atoms with Crippen molar-refractivity contribution in [3.05, 3.63) is 17.7 Å². The lowest BCUT2D eigenvalue weighted by Gasteiger charge is -2.33. The van der Waals surface area contributed by atoms with Gasteiger partial charge < -0.3 is 14.4 Å². The highest BCUT2D eigenvalue weighted by Gasteiger charge is 2.31. The zero-order valence-corrected chi connectivity index (χ0v) is 16.4. The largest absolute Gasteiger partial charge is 0.494 e. The summed E-state index contributed by atoms with van der Waals surface area (Å²) < 4.78 is 39.1. The molecule has 1 aromatic rings. The summed E-state index contributed by atoms with van der Waals surface area (Å²) in [6.07, 6.45) is 3.31. The van der Waals surface area contributed by atoms with E-state index < -0.39 is 10.0 Å². The van der Waals surface area contributed by atoms with Crippen molar-refractivity contribution in [1.82, 2.24) is 4.90 Å². The number of hydrogen-bond acceptors (Lipinski definition) is 6. The summed E-state index contributed by atoms with van der Waals surface area (Å²) in [6.45, 7) is 6.19. The second-order valence-corrected chi connectivity index (χ2v) is 8.92. The minimum absolute atomic E-state index is 0.0691. The molecule has 26 heavy (non-hydrogen) atoms. The van der Waals surface area contributed by atoms with E-state index in [9.17, 15) is 8.42 Å². The number of hydrogen-bond donors (Lipinski definition) is 1. The molecule has 1 N–H and O–H groups in total. The molecule has 0 fully saturated rings. The molecule has 1 atom stereocenters. The van der Waals surface area contributed by atoms with Crippen LogP contribution < -0.4 is 14.2 Å². The van der Waals surface area contributed by atoms with E-state index in [-0.39, 0.29) is 11.8 Å². The normalized spacial score (nSPS) is 19.4. The Bertz CT molecular complexity index is 777. The quantitative estimate of drug-likeness (QED) is 0.785. The average molecular weight is 381 g/mol. The molecule has 0 amide bonds. The molecule has 2 heterocycles. The maximum atomic E-state index is 12.5. The highest BCUT2D eigenvalue weighted by Crippen LogP contribution is 2.45. The molecule has 8 heteroatoms. The van der Waals surface area contributed by atoms with Crippen LogP contribution in [0, 0.1) is 5.92 Å². The van der Waals surface area contributed by atoms with E-state index in [1.54, 1.807) is 6.07 Å². The van der Waals surface area contributed by atoms with E-state index in [0.717, 1.165) is 25.1 Å². The van der Waals surface area contributed by atoms with Gasteiger partial charge in [-0.05, 0) is 24.5 Å². The van der Waals surface area contributed by atoms with Crippen LogP contribution in [0.15, 0.2) is 17.1 Å². The monoisotopic (exact) mass is 381 g/mol. The number of nitrogens with zero attached hydrogens (tertiary/aromatic N) is 2. The number of methoxy groups -OCH3 is 1. The second-order valence-electron chi connectivity index (χ2n) is 7.08. The van der Waals surface area contributed by atoms with Gasteiger partial charge in [0.05, 0.1) is 38.4 Å². The summed E-state index contributed by atoms with van der Waals surface area (Å²) >= 11 is 0. The maximum absolute atomic E-state index is 12.5. The third kappa shape index (κ3) is 4.06. The number of fused-ring (bicyclic) bond motifs is 1. The van der Waals surface area contributed by atoms with Gasteiger partial charge >= 0.3 is 0 Å². The predicted octanol–water partition coefficient (Wildman–Crippen LogP) is 2.65. The molecule has 0 aromatic heterocycles. The van der Waals surface area contributed by atoms with Crippen LogP contribution in [-0.2, 0) is 10.0 Å². The van der Waals surface area contributed by atoms with Crippen molar-refractivity contribution in [3.8, 4) is 11.5 Å². The van der Waals surface area contributed by atoms with Crippen LogP contribution in [0.25, 0.3) is 0 Å². The van der Waals surface area contributed by atoms with Crippen LogP contribution in [-0.4, -0.2) is 52.2 Å². The van der Waals surface area contributed by atoms with Crippen molar-refractivity contribution in [2.75, 3.05) is 37.3 Å². The molecule has 0 radical (unpaired) electrons. The van der Waals surface area contributed by atoms with E-state index >= 15 is 0 Å². The first-order chi connectivity index (χ1) is 12.4. The van der Waals surface area contributed by atoms with Crippen molar-refractivity contribution in [3.63, 3.8) is 0 Å². The Morgan fingerprint density at radius 3 is 2.88 bits per heavy atom. The van der Waals surface area contributed by atoms with Crippen molar-refractivity contribution in [1.29, 1.82) is 0 Å². The number of rotatable bonds is 7. The highest BCUT2D eigenvalue weighted by molar-refractivity contribution is 7.92. The first-order valence-corrected chi connectivity index (χ1v) is 10.7. The van der Waals surface area contributed by atoms with Crippen LogP contribution in [0.3, 0.4) is 0 Å². The summed E-state index contributed by atoms with van der Waals surface area (Å²) in [4.78, 5) is 6.48. The number of benzene rings is 1. The number of nitrogens with one attached hydrogen (secondary N) is 1.